The highest BCUT2D eigenvalue weighted by Gasteiger charge is 2.26. The first kappa shape index (κ1) is 16.7. The molecule has 8 nitrogen and oxygen atoms in total. The monoisotopic (exact) mass is 343 g/mol. The normalized spacial score (nSPS) is 15.2. The molecule has 0 fully saturated rings. The molecule has 25 heavy (non-hydrogen) atoms. The molecule has 0 amide bonds. The number of aromatic nitrogens is 2. The number of fused-ring (bicyclic) bond motifs is 1. The Balaban J connectivity index is 2.09. The van der Waals surface area contributed by atoms with Crippen LogP contribution in [0, 0.1) is 10.1 Å². The minimum atomic E-state index is -0.503. The van der Waals surface area contributed by atoms with Gasteiger partial charge in [0.2, 0.25) is 0 Å². The van der Waals surface area contributed by atoms with E-state index in [1.54, 1.807) is 17.8 Å². The summed E-state index contributed by atoms with van der Waals surface area (Å²) in [6.07, 6.45) is 4.24. The summed E-state index contributed by atoms with van der Waals surface area (Å²) in [5.41, 5.74) is 2.09. The van der Waals surface area contributed by atoms with E-state index in [1.165, 1.54) is 32.5 Å². The zero-order valence-corrected chi connectivity index (χ0v) is 14.1. The van der Waals surface area contributed by atoms with Crippen molar-refractivity contribution in [1.82, 2.24) is 9.78 Å². The number of benzene rings is 1. The van der Waals surface area contributed by atoms with E-state index in [2.05, 4.69) is 5.10 Å². The number of allylic oxidation sites excluding steroid dienone is 1. The van der Waals surface area contributed by atoms with Crippen molar-refractivity contribution in [3.8, 4) is 11.5 Å². The zero-order valence-electron chi connectivity index (χ0n) is 14.1. The average molecular weight is 343 g/mol. The SMILES string of the molecule is COc1cc(C=C2CCc3c(cnn3C)C2=O)c([N+](=O)[O-])cc1OC. The number of hydrogen-bond donors (Lipinski definition) is 0. The standard InChI is InChI=1S/C17H17N3O5/c1-19-13-5-4-10(17(21)12(13)9-18-19)6-11-7-15(24-2)16(25-3)8-14(11)20(22)23/h6-9H,4-5H2,1-3H3. The molecule has 1 heterocycles. The highest BCUT2D eigenvalue weighted by molar-refractivity contribution is 6.13. The number of aryl methyl sites for hydroxylation is 1. The van der Waals surface area contributed by atoms with Crippen LogP contribution >= 0.6 is 0 Å². The molecule has 2 aromatic rings. The van der Waals surface area contributed by atoms with Crippen LogP contribution in [0.2, 0.25) is 0 Å². The zero-order chi connectivity index (χ0) is 18.1. The van der Waals surface area contributed by atoms with E-state index >= 15 is 0 Å². The second-order valence-corrected chi connectivity index (χ2v) is 5.65. The lowest BCUT2D eigenvalue weighted by Gasteiger charge is -2.15. The molecule has 0 N–H and O–H groups in total. The predicted octanol–water partition coefficient (Wildman–Crippen LogP) is 2.56. The van der Waals surface area contributed by atoms with Crippen LogP contribution in [0.3, 0.4) is 0 Å². The maximum atomic E-state index is 12.6. The van der Waals surface area contributed by atoms with Crippen molar-refractivity contribution in [2.45, 2.75) is 12.8 Å². The minimum absolute atomic E-state index is 0.144. The van der Waals surface area contributed by atoms with E-state index in [1.807, 2.05) is 0 Å². The summed E-state index contributed by atoms with van der Waals surface area (Å²) in [6.45, 7) is 0. The molecule has 0 saturated carbocycles. The van der Waals surface area contributed by atoms with Crippen LogP contribution in [-0.2, 0) is 13.5 Å². The first-order chi connectivity index (χ1) is 12.0. The molecule has 0 radical (unpaired) electrons. The lowest BCUT2D eigenvalue weighted by atomic mass is 9.90. The van der Waals surface area contributed by atoms with E-state index in [0.717, 1.165) is 5.69 Å². The number of nitro groups is 1. The minimum Gasteiger partial charge on any atom is -0.493 e. The molecule has 0 atom stereocenters. The molecule has 1 aliphatic carbocycles. The Kier molecular flexibility index (Phi) is 4.26. The highest BCUT2D eigenvalue weighted by Crippen LogP contribution is 2.36. The van der Waals surface area contributed by atoms with Crippen LogP contribution < -0.4 is 9.47 Å². The summed E-state index contributed by atoms with van der Waals surface area (Å²) in [5.74, 6) is 0.476. The van der Waals surface area contributed by atoms with E-state index in [9.17, 15) is 14.9 Å². The smallest absolute Gasteiger partial charge is 0.280 e. The van der Waals surface area contributed by atoms with E-state index in [4.69, 9.17) is 9.47 Å². The summed E-state index contributed by atoms with van der Waals surface area (Å²) in [7, 11) is 4.66. The Labute approximate surface area is 143 Å². The van der Waals surface area contributed by atoms with Gasteiger partial charge in [-0.1, -0.05) is 0 Å². The molecule has 0 unspecified atom stereocenters. The highest BCUT2D eigenvalue weighted by atomic mass is 16.6. The fourth-order valence-electron chi connectivity index (χ4n) is 2.97. The lowest BCUT2D eigenvalue weighted by molar-refractivity contribution is -0.385. The van der Waals surface area contributed by atoms with Crippen molar-refractivity contribution >= 4 is 17.5 Å². The number of rotatable bonds is 4. The van der Waals surface area contributed by atoms with Crippen molar-refractivity contribution in [2.75, 3.05) is 14.2 Å². The molecular formula is C17H17N3O5. The molecule has 1 aromatic carbocycles. The number of ketones is 1. The fourth-order valence-corrected chi connectivity index (χ4v) is 2.97. The van der Waals surface area contributed by atoms with Gasteiger partial charge in [-0.15, -0.1) is 0 Å². The Morgan fingerprint density at radius 3 is 2.56 bits per heavy atom. The second kappa shape index (κ2) is 6.39. The van der Waals surface area contributed by atoms with Crippen LogP contribution in [0.25, 0.3) is 6.08 Å². The fraction of sp³-hybridized carbons (Fsp3) is 0.294. The van der Waals surface area contributed by atoms with Gasteiger partial charge in [-0.2, -0.15) is 5.10 Å². The average Bonchev–Trinajstić information content (AvgIpc) is 2.98. The maximum absolute atomic E-state index is 12.6. The van der Waals surface area contributed by atoms with Gasteiger partial charge in [0.1, 0.15) is 0 Å². The van der Waals surface area contributed by atoms with Gasteiger partial charge in [0.25, 0.3) is 5.69 Å². The van der Waals surface area contributed by atoms with Gasteiger partial charge < -0.3 is 9.47 Å². The van der Waals surface area contributed by atoms with Crippen LogP contribution in [0.5, 0.6) is 11.5 Å². The molecule has 1 aromatic heterocycles. The molecule has 0 aliphatic heterocycles. The molecule has 0 bridgehead atoms. The molecule has 0 spiro atoms. The molecule has 1 aliphatic rings. The Bertz CT molecular complexity index is 898. The number of carbonyl (C=O) groups is 1. The third kappa shape index (κ3) is 2.86. The summed E-state index contributed by atoms with van der Waals surface area (Å²) in [6, 6.07) is 2.81. The van der Waals surface area contributed by atoms with Gasteiger partial charge in [-0.25, -0.2) is 0 Å². The van der Waals surface area contributed by atoms with Gasteiger partial charge in [-0.3, -0.25) is 19.6 Å². The van der Waals surface area contributed by atoms with Crippen molar-refractivity contribution in [3.63, 3.8) is 0 Å². The number of ether oxygens (including phenoxy) is 2. The molecular weight excluding hydrogens is 326 g/mol. The first-order valence-electron chi connectivity index (χ1n) is 7.62. The third-order valence-electron chi connectivity index (χ3n) is 4.29. The van der Waals surface area contributed by atoms with Crippen molar-refractivity contribution in [3.05, 3.63) is 50.8 Å². The Morgan fingerprint density at radius 1 is 1.24 bits per heavy atom. The quantitative estimate of drug-likeness (QED) is 0.481. The molecule has 130 valence electrons. The van der Waals surface area contributed by atoms with Crippen LogP contribution in [0.4, 0.5) is 5.69 Å². The van der Waals surface area contributed by atoms with E-state index < -0.39 is 4.92 Å². The van der Waals surface area contributed by atoms with Gasteiger partial charge in [-0.05, 0) is 25.0 Å². The Morgan fingerprint density at radius 2 is 1.92 bits per heavy atom. The second-order valence-electron chi connectivity index (χ2n) is 5.65. The number of nitrogens with zero attached hydrogens (tertiary/aromatic N) is 3. The Hall–Kier alpha value is -3.16. The van der Waals surface area contributed by atoms with Crippen LogP contribution in [-0.4, -0.2) is 34.7 Å². The van der Waals surface area contributed by atoms with Gasteiger partial charge in [0, 0.05) is 18.3 Å². The van der Waals surface area contributed by atoms with E-state index in [-0.39, 0.29) is 17.2 Å². The summed E-state index contributed by atoms with van der Waals surface area (Å²) >= 11 is 0. The van der Waals surface area contributed by atoms with E-state index in [0.29, 0.717) is 35.3 Å². The summed E-state index contributed by atoms with van der Waals surface area (Å²) < 4.78 is 12.0. The molecule has 8 heteroatoms. The lowest BCUT2D eigenvalue weighted by Crippen LogP contribution is -2.15. The van der Waals surface area contributed by atoms with Crippen LogP contribution in [0.1, 0.15) is 28.0 Å². The molecule has 0 saturated heterocycles. The summed E-state index contributed by atoms with van der Waals surface area (Å²) in [4.78, 5) is 23.5. The maximum Gasteiger partial charge on any atom is 0.280 e. The predicted molar refractivity (Wildman–Crippen MR) is 90.0 cm³/mol. The van der Waals surface area contributed by atoms with Gasteiger partial charge in [0.15, 0.2) is 17.3 Å². The molecule has 3 rings (SSSR count). The number of carbonyl (C=O) groups excluding carboxylic acids is 1. The first-order valence-corrected chi connectivity index (χ1v) is 7.62. The van der Waals surface area contributed by atoms with Crippen molar-refractivity contribution in [1.29, 1.82) is 0 Å². The topological polar surface area (TPSA) is 96.5 Å². The largest absolute Gasteiger partial charge is 0.493 e. The number of hydrogen-bond acceptors (Lipinski definition) is 6. The number of nitro benzene ring substituents is 1. The summed E-state index contributed by atoms with van der Waals surface area (Å²) in [5, 5.41) is 15.5. The number of Topliss-reactive ketones (excluding diaryl/α,β-unsaturated/α-hetero) is 1. The van der Waals surface area contributed by atoms with Crippen molar-refractivity contribution in [2.24, 2.45) is 7.05 Å². The van der Waals surface area contributed by atoms with Gasteiger partial charge >= 0.3 is 0 Å². The number of methoxy groups -OCH3 is 2. The van der Waals surface area contributed by atoms with Gasteiger partial charge in [0.05, 0.1) is 42.5 Å². The van der Waals surface area contributed by atoms with Crippen molar-refractivity contribution < 1.29 is 19.2 Å². The third-order valence-corrected chi connectivity index (χ3v) is 4.29. The van der Waals surface area contributed by atoms with Crippen LogP contribution in [0.15, 0.2) is 23.9 Å².